The fourth-order valence-electron chi connectivity index (χ4n) is 2.66. The number of aryl methyl sites for hydroxylation is 1. The summed E-state index contributed by atoms with van der Waals surface area (Å²) in [6.45, 7) is 4.15. The van der Waals surface area contributed by atoms with E-state index >= 15 is 0 Å². The van der Waals surface area contributed by atoms with Gasteiger partial charge in [0.15, 0.2) is 5.65 Å². The van der Waals surface area contributed by atoms with E-state index in [2.05, 4.69) is 21.8 Å². The van der Waals surface area contributed by atoms with Crippen LogP contribution in [-0.4, -0.2) is 48.8 Å². The van der Waals surface area contributed by atoms with Crippen LogP contribution < -0.4 is 11.2 Å². The Morgan fingerprint density at radius 2 is 1.91 bits per heavy atom. The van der Waals surface area contributed by atoms with Gasteiger partial charge in [0.05, 0.1) is 13.2 Å². The summed E-state index contributed by atoms with van der Waals surface area (Å²) < 4.78 is 2.43. The van der Waals surface area contributed by atoms with Crippen molar-refractivity contribution >= 4 is 11.2 Å². The van der Waals surface area contributed by atoms with E-state index in [1.165, 1.54) is 11.6 Å². The van der Waals surface area contributed by atoms with E-state index in [-0.39, 0.29) is 12.2 Å². The molecule has 2 N–H and O–H groups in total. The molecule has 2 aromatic heterocycles. The zero-order valence-corrected chi connectivity index (χ0v) is 14.0. The van der Waals surface area contributed by atoms with Crippen LogP contribution in [0.2, 0.25) is 0 Å². The average Bonchev–Trinajstić information content (AvgIpc) is 2.95. The van der Waals surface area contributed by atoms with Crippen molar-refractivity contribution in [3.63, 3.8) is 0 Å². The summed E-state index contributed by atoms with van der Waals surface area (Å²) >= 11 is 0. The van der Waals surface area contributed by atoms with Crippen molar-refractivity contribution in [2.45, 2.75) is 32.7 Å². The lowest BCUT2D eigenvalue weighted by atomic mass is 10.2. The molecule has 8 nitrogen and oxygen atoms in total. The first-order valence-electron chi connectivity index (χ1n) is 7.97. The molecule has 0 amide bonds. The lowest BCUT2D eigenvalue weighted by Crippen LogP contribution is -2.36. The summed E-state index contributed by atoms with van der Waals surface area (Å²) in [6.07, 6.45) is 3.32. The summed E-state index contributed by atoms with van der Waals surface area (Å²) in [7, 11) is 3.05. The molecular weight excluding hydrogens is 298 g/mol. The van der Waals surface area contributed by atoms with Crippen LogP contribution in [0.25, 0.3) is 11.2 Å². The Bertz CT molecular complexity index is 774. The lowest BCUT2D eigenvalue weighted by Gasteiger charge is -2.19. The fraction of sp³-hybridized carbons (Fsp3) is 0.667. The summed E-state index contributed by atoms with van der Waals surface area (Å²) in [4.78, 5) is 33.6. The molecule has 0 unspecified atom stereocenters. The van der Waals surface area contributed by atoms with Gasteiger partial charge in [-0.2, -0.15) is 0 Å². The van der Waals surface area contributed by atoms with Crippen molar-refractivity contribution in [2.24, 2.45) is 14.1 Å². The van der Waals surface area contributed by atoms with Crippen LogP contribution in [0.5, 0.6) is 0 Å². The maximum atomic E-state index is 12.2. The number of aromatic nitrogens is 4. The quantitative estimate of drug-likeness (QED) is 0.664. The average molecular weight is 323 g/mol. The highest BCUT2D eigenvalue weighted by Crippen LogP contribution is 2.08. The normalized spacial score (nSPS) is 11.7. The molecule has 0 fully saturated rings. The third-order valence-corrected chi connectivity index (χ3v) is 4.01. The smallest absolute Gasteiger partial charge is 0.332 e. The molecule has 23 heavy (non-hydrogen) atoms. The Morgan fingerprint density at radius 3 is 2.57 bits per heavy atom. The minimum Gasteiger partial charge on any atom is -0.395 e. The van der Waals surface area contributed by atoms with Crippen molar-refractivity contribution in [2.75, 3.05) is 19.7 Å². The maximum Gasteiger partial charge on any atom is 0.332 e. The number of aromatic amines is 1. The Hall–Kier alpha value is -1.93. The first-order chi connectivity index (χ1) is 11.0. The van der Waals surface area contributed by atoms with Gasteiger partial charge in [0.2, 0.25) is 0 Å². The van der Waals surface area contributed by atoms with Gasteiger partial charge < -0.3 is 10.1 Å². The van der Waals surface area contributed by atoms with Gasteiger partial charge in [-0.3, -0.25) is 18.8 Å². The van der Waals surface area contributed by atoms with Gasteiger partial charge in [-0.05, 0) is 13.0 Å². The van der Waals surface area contributed by atoms with Crippen LogP contribution in [0, 0.1) is 0 Å². The van der Waals surface area contributed by atoms with Crippen molar-refractivity contribution in [1.82, 2.24) is 24.0 Å². The van der Waals surface area contributed by atoms with E-state index in [0.717, 1.165) is 30.4 Å². The van der Waals surface area contributed by atoms with E-state index in [0.29, 0.717) is 30.1 Å². The monoisotopic (exact) mass is 323 g/mol. The molecule has 128 valence electrons. The molecule has 0 saturated carbocycles. The minimum absolute atomic E-state index is 0.0760. The number of unbranched alkanes of at least 4 members (excludes halogenated alkanes) is 2. The van der Waals surface area contributed by atoms with E-state index in [4.69, 9.17) is 0 Å². The van der Waals surface area contributed by atoms with Crippen LogP contribution in [0.4, 0.5) is 0 Å². The number of fused-ring (bicyclic) bond motifs is 1. The zero-order valence-electron chi connectivity index (χ0n) is 14.0. The Morgan fingerprint density at radius 1 is 1.17 bits per heavy atom. The first-order valence-corrected chi connectivity index (χ1v) is 7.97. The summed E-state index contributed by atoms with van der Waals surface area (Å²) in [5.74, 6) is 0.628. The molecule has 2 aromatic rings. The van der Waals surface area contributed by atoms with Gasteiger partial charge in [0, 0.05) is 20.6 Å². The number of aliphatic hydroxyl groups is 1. The predicted molar refractivity (Wildman–Crippen MR) is 88.5 cm³/mol. The minimum atomic E-state index is -0.393. The number of rotatable bonds is 8. The standard InChI is InChI=1S/C15H25N5O3/c1-4-5-6-7-20(8-9-21)10-11-16-12-13(17-11)18(2)15(23)19(3)14(12)22/h21H,4-10H2,1-3H3,(H,16,17). The molecule has 0 aliphatic carbocycles. The highest BCUT2D eigenvalue weighted by atomic mass is 16.3. The fourth-order valence-corrected chi connectivity index (χ4v) is 2.66. The largest absolute Gasteiger partial charge is 0.395 e. The Kier molecular flexibility index (Phi) is 5.73. The first kappa shape index (κ1) is 17.4. The number of hydrogen-bond donors (Lipinski definition) is 2. The van der Waals surface area contributed by atoms with Crippen LogP contribution in [0.3, 0.4) is 0 Å². The number of H-pyrrole nitrogens is 1. The maximum absolute atomic E-state index is 12.2. The molecule has 0 aliphatic rings. The highest BCUT2D eigenvalue weighted by Gasteiger charge is 2.15. The van der Waals surface area contributed by atoms with Crippen molar-refractivity contribution in [3.05, 3.63) is 26.7 Å². The number of hydrogen-bond acceptors (Lipinski definition) is 5. The molecule has 0 radical (unpaired) electrons. The van der Waals surface area contributed by atoms with Crippen LogP contribution in [0.1, 0.15) is 32.0 Å². The van der Waals surface area contributed by atoms with E-state index in [1.807, 2.05) is 0 Å². The summed E-state index contributed by atoms with van der Waals surface area (Å²) in [5.41, 5.74) is -0.0648. The Labute approximate surface area is 134 Å². The molecular formula is C15H25N5O3. The van der Waals surface area contributed by atoms with Crippen LogP contribution in [0.15, 0.2) is 9.59 Å². The molecule has 2 heterocycles. The third-order valence-electron chi connectivity index (χ3n) is 4.01. The van der Waals surface area contributed by atoms with Crippen LogP contribution >= 0.6 is 0 Å². The number of nitrogens with one attached hydrogen (secondary N) is 1. The molecule has 0 aromatic carbocycles. The van der Waals surface area contributed by atoms with Gasteiger partial charge in [-0.15, -0.1) is 0 Å². The van der Waals surface area contributed by atoms with Gasteiger partial charge in [-0.25, -0.2) is 9.78 Å². The zero-order chi connectivity index (χ0) is 17.0. The van der Waals surface area contributed by atoms with Crippen molar-refractivity contribution in [1.29, 1.82) is 0 Å². The van der Waals surface area contributed by atoms with Crippen LogP contribution in [-0.2, 0) is 20.6 Å². The number of imidazole rings is 1. The molecule has 2 rings (SSSR count). The topological polar surface area (TPSA) is 96.2 Å². The van der Waals surface area contributed by atoms with E-state index in [1.54, 1.807) is 7.05 Å². The molecule has 0 saturated heterocycles. The summed E-state index contributed by atoms with van der Waals surface area (Å²) in [6, 6.07) is 0. The van der Waals surface area contributed by atoms with E-state index < -0.39 is 5.69 Å². The molecule has 0 spiro atoms. The molecule has 8 heteroatoms. The Balaban J connectivity index is 2.29. The number of aliphatic hydroxyl groups excluding tert-OH is 1. The van der Waals surface area contributed by atoms with Gasteiger partial charge in [0.25, 0.3) is 5.56 Å². The second kappa shape index (κ2) is 7.56. The van der Waals surface area contributed by atoms with Gasteiger partial charge in [0.1, 0.15) is 11.3 Å². The van der Waals surface area contributed by atoms with Gasteiger partial charge in [-0.1, -0.05) is 19.8 Å². The molecule has 0 atom stereocenters. The van der Waals surface area contributed by atoms with Crippen molar-refractivity contribution < 1.29 is 5.11 Å². The third kappa shape index (κ3) is 3.70. The van der Waals surface area contributed by atoms with Crippen molar-refractivity contribution in [3.8, 4) is 0 Å². The lowest BCUT2D eigenvalue weighted by molar-refractivity contribution is 0.185. The second-order valence-electron chi connectivity index (χ2n) is 5.79. The SMILES string of the molecule is CCCCCN(CCO)Cc1nc2c([nH]1)c(=O)n(C)c(=O)n2C. The highest BCUT2D eigenvalue weighted by molar-refractivity contribution is 5.69. The van der Waals surface area contributed by atoms with E-state index in [9.17, 15) is 14.7 Å². The predicted octanol–water partition coefficient (Wildman–Crippen LogP) is -0.0552. The summed E-state index contributed by atoms with van der Waals surface area (Å²) in [5, 5.41) is 9.20. The number of nitrogens with zero attached hydrogens (tertiary/aromatic N) is 4. The van der Waals surface area contributed by atoms with Gasteiger partial charge >= 0.3 is 5.69 Å². The molecule has 0 bridgehead atoms. The second-order valence-corrected chi connectivity index (χ2v) is 5.79. The molecule has 0 aliphatic heterocycles.